The van der Waals surface area contributed by atoms with E-state index in [0.717, 1.165) is 48.6 Å². The zero-order valence-corrected chi connectivity index (χ0v) is 48.5. The molecule has 316 valence electrons. The Morgan fingerprint density at radius 3 is 0.712 bits per heavy atom. The van der Waals surface area contributed by atoms with Gasteiger partial charge in [-0.3, -0.25) is 0 Å². The quantitative estimate of drug-likeness (QED) is 0.0461. The fourth-order valence-corrected chi connectivity index (χ4v) is 7.37. The molecule has 6 aromatic rings. The first-order valence-corrected chi connectivity index (χ1v) is 22.7. The fraction of sp³-hybridized carbons (Fsp3) is 0. The molecule has 0 aliphatic heterocycles. The first-order chi connectivity index (χ1) is 29.2. The standard InChI is InChI=1S/C38H28N8O12S4.2K.2Na/c47-59(48,49)35-19-15-31(16-20-35)41-39-27-7-11-29(12-8-27)43-45-33-5-3-25(37(23-33)61(53,54)55)1-2-26-4-6-34(24-38(26)62(56,57)58)46-44-30-13-9-28(10-14-30)40-42-32-17-21-36(22-18-32)60(50,51)52;;;;/h1-24H,(H,47,48,49)(H,50,51,52)(H,53,54,55)(H,56,57,58);;;;/q;4*+1/p-4/b2-1+,41-39?,42-40?,45-43?,46-44?;;;;. The van der Waals surface area contributed by atoms with Crippen LogP contribution in [0.3, 0.4) is 0 Å². The van der Waals surface area contributed by atoms with E-state index in [1.54, 1.807) is 0 Å². The molecular weight excluding hydrogens is 1010 g/mol. The third-order valence-electron chi connectivity index (χ3n) is 8.05. The van der Waals surface area contributed by atoms with Crippen LogP contribution in [-0.2, 0) is 40.5 Å². The number of rotatable bonds is 14. The van der Waals surface area contributed by atoms with Crippen molar-refractivity contribution in [3.8, 4) is 0 Å². The van der Waals surface area contributed by atoms with E-state index in [2.05, 4.69) is 40.9 Å². The summed E-state index contributed by atoms with van der Waals surface area (Å²) in [6, 6.07) is 28.9. The van der Waals surface area contributed by atoms with E-state index in [0.29, 0.717) is 22.7 Å². The Hall–Kier alpha value is -1.63. The van der Waals surface area contributed by atoms with Crippen LogP contribution in [0, 0.1) is 0 Å². The van der Waals surface area contributed by atoms with Gasteiger partial charge in [-0.1, -0.05) is 24.3 Å². The Bertz CT molecular complexity index is 3060. The van der Waals surface area contributed by atoms with Crippen molar-refractivity contribution in [2.75, 3.05) is 0 Å². The van der Waals surface area contributed by atoms with Crippen molar-refractivity contribution in [3.63, 3.8) is 0 Å². The van der Waals surface area contributed by atoms with E-state index >= 15 is 0 Å². The fourth-order valence-electron chi connectivity index (χ4n) is 5.05. The molecule has 0 spiro atoms. The summed E-state index contributed by atoms with van der Waals surface area (Å²) in [4.78, 5) is -2.24. The normalized spacial score (nSPS) is 12.2. The van der Waals surface area contributed by atoms with Crippen LogP contribution in [-0.4, -0.2) is 51.9 Å². The van der Waals surface area contributed by atoms with Gasteiger partial charge in [0.1, 0.15) is 40.5 Å². The first-order valence-electron chi connectivity index (χ1n) is 17.1. The second-order valence-corrected chi connectivity index (χ2v) is 17.9. The van der Waals surface area contributed by atoms with Crippen LogP contribution in [0.5, 0.6) is 0 Å². The molecule has 28 heteroatoms. The number of benzene rings is 6. The van der Waals surface area contributed by atoms with Gasteiger partial charge in [0.15, 0.2) is 0 Å². The first kappa shape index (κ1) is 60.5. The third kappa shape index (κ3) is 18.3. The maximum absolute atomic E-state index is 12.2. The minimum absolute atomic E-state index is 0. The zero-order chi connectivity index (χ0) is 44.7. The molecule has 0 unspecified atom stereocenters. The van der Waals surface area contributed by atoms with E-state index in [9.17, 15) is 51.9 Å². The topological polar surface area (TPSA) is 328 Å². The van der Waals surface area contributed by atoms with Crippen LogP contribution in [0.1, 0.15) is 11.1 Å². The average molecular weight is 1040 g/mol. The summed E-state index contributed by atoms with van der Waals surface area (Å²) in [5, 5.41) is 32.0. The molecule has 66 heavy (non-hydrogen) atoms. The van der Waals surface area contributed by atoms with Gasteiger partial charge in [-0.2, -0.15) is 40.9 Å². The van der Waals surface area contributed by atoms with Crippen molar-refractivity contribution in [2.45, 2.75) is 19.6 Å². The SMILES string of the molecule is O=S(=O)([O-])c1ccc(N=Nc2ccc(N=Nc3ccc(/C=C/c4ccc(N=Nc5ccc(N=Nc6ccc(S(=O)(=O)[O-])cc6)cc5)cc4S(=O)(=O)[O-])c(S(=O)(=O)[O-])c3)cc2)cc1.[K+].[K+].[Na+].[Na+]. The Morgan fingerprint density at radius 1 is 0.303 bits per heavy atom. The monoisotopic (exact) mass is 1040 g/mol. The zero-order valence-electron chi connectivity index (χ0n) is 35.0. The summed E-state index contributed by atoms with van der Waals surface area (Å²) in [5.74, 6) is 0. The van der Waals surface area contributed by atoms with Crippen molar-refractivity contribution >= 4 is 98.1 Å². The molecule has 0 atom stereocenters. The van der Waals surface area contributed by atoms with E-state index in [4.69, 9.17) is 0 Å². The molecule has 0 N–H and O–H groups in total. The Balaban J connectivity index is 0.00000374. The minimum atomic E-state index is -5.11. The third-order valence-corrected chi connectivity index (χ3v) is 11.5. The van der Waals surface area contributed by atoms with E-state index in [-0.39, 0.29) is 196 Å². The van der Waals surface area contributed by atoms with Gasteiger partial charge < -0.3 is 18.2 Å². The molecule has 0 aromatic heterocycles. The molecule has 6 aromatic carbocycles. The molecule has 0 aliphatic rings. The predicted molar refractivity (Wildman–Crippen MR) is 216 cm³/mol. The van der Waals surface area contributed by atoms with Crippen LogP contribution >= 0.6 is 0 Å². The van der Waals surface area contributed by atoms with Gasteiger partial charge in [-0.25, -0.2) is 33.7 Å². The largest absolute Gasteiger partial charge is 1.00 e. The average Bonchev–Trinajstić information content (AvgIpc) is 3.22. The summed E-state index contributed by atoms with van der Waals surface area (Å²) in [6.45, 7) is 0. The second-order valence-electron chi connectivity index (χ2n) is 12.4. The van der Waals surface area contributed by atoms with Gasteiger partial charge in [-0.15, -0.1) is 0 Å². The molecule has 0 radical (unpaired) electrons. The minimum Gasteiger partial charge on any atom is -0.744 e. The van der Waals surface area contributed by atoms with Crippen molar-refractivity contribution in [3.05, 3.63) is 145 Å². The molecule has 0 amide bonds. The second kappa shape index (κ2) is 26.5. The maximum atomic E-state index is 12.2. The molecule has 0 saturated carbocycles. The predicted octanol–water partition coefficient (Wildman–Crippen LogP) is -2.85. The van der Waals surface area contributed by atoms with Crippen LogP contribution in [0.4, 0.5) is 45.5 Å². The van der Waals surface area contributed by atoms with Crippen molar-refractivity contribution < 1.29 is 214 Å². The van der Waals surface area contributed by atoms with Crippen LogP contribution in [0.15, 0.2) is 194 Å². The van der Waals surface area contributed by atoms with Crippen LogP contribution in [0.2, 0.25) is 0 Å². The summed E-state index contributed by atoms with van der Waals surface area (Å²) < 4.78 is 140. The van der Waals surface area contributed by atoms with Crippen molar-refractivity contribution in [2.24, 2.45) is 40.9 Å². The van der Waals surface area contributed by atoms with Crippen LogP contribution in [0.25, 0.3) is 12.2 Å². The molecule has 0 aliphatic carbocycles. The van der Waals surface area contributed by atoms with Gasteiger partial charge >= 0.3 is 162 Å². The molecule has 0 fully saturated rings. The van der Waals surface area contributed by atoms with Gasteiger partial charge in [0.05, 0.1) is 65.1 Å². The number of nitrogens with zero attached hydrogens (tertiary/aromatic N) is 8. The van der Waals surface area contributed by atoms with Crippen LogP contribution < -0.4 is 162 Å². The van der Waals surface area contributed by atoms with Crippen molar-refractivity contribution in [1.29, 1.82) is 0 Å². The van der Waals surface area contributed by atoms with E-state index in [1.807, 2.05) is 0 Å². The molecule has 0 saturated heterocycles. The summed E-state index contributed by atoms with van der Waals surface area (Å²) in [6.07, 6.45) is 2.27. The maximum Gasteiger partial charge on any atom is 1.00 e. The van der Waals surface area contributed by atoms with Gasteiger partial charge in [0, 0.05) is 0 Å². The van der Waals surface area contributed by atoms with E-state index in [1.165, 1.54) is 97.1 Å². The van der Waals surface area contributed by atoms with Gasteiger partial charge in [0.2, 0.25) is 0 Å². The van der Waals surface area contributed by atoms with Gasteiger partial charge in [-0.05, 0) is 132 Å². The number of azo groups is 4. The molecule has 20 nitrogen and oxygen atoms in total. The van der Waals surface area contributed by atoms with Gasteiger partial charge in [0.25, 0.3) is 0 Å². The summed E-state index contributed by atoms with van der Waals surface area (Å²) in [5.41, 5.74) is 1.60. The van der Waals surface area contributed by atoms with E-state index < -0.39 is 60.1 Å². The molecule has 6 rings (SSSR count). The Labute approximate surface area is 508 Å². The van der Waals surface area contributed by atoms with Crippen molar-refractivity contribution in [1.82, 2.24) is 0 Å². The number of hydrogen-bond donors (Lipinski definition) is 0. The molecular formula is C38H24K2N8Na2O12S4. The Kier molecular flexibility index (Phi) is 24.3. The Morgan fingerprint density at radius 2 is 0.500 bits per heavy atom. The molecule has 0 heterocycles. The summed E-state index contributed by atoms with van der Waals surface area (Å²) >= 11 is 0. The number of hydrogen-bond acceptors (Lipinski definition) is 20. The molecule has 0 bridgehead atoms. The smallest absolute Gasteiger partial charge is 0.744 e. The summed E-state index contributed by atoms with van der Waals surface area (Å²) in [7, 11) is -19.4.